The van der Waals surface area contributed by atoms with Gasteiger partial charge in [0.05, 0.1) is 19.8 Å². The summed E-state index contributed by atoms with van der Waals surface area (Å²) < 4.78 is 28.5. The Labute approximate surface area is 179 Å². The number of aryl methyl sites for hydroxylation is 1. The molecule has 0 atom stereocenters. The molecule has 0 aliphatic rings. The molecule has 0 unspecified atom stereocenters. The zero-order valence-electron chi connectivity index (χ0n) is 18.1. The molecule has 30 heavy (non-hydrogen) atoms. The van der Waals surface area contributed by atoms with Gasteiger partial charge in [-0.2, -0.15) is 0 Å². The number of ether oxygens (including phenoxy) is 1. The van der Waals surface area contributed by atoms with Crippen molar-refractivity contribution in [3.05, 3.63) is 53.3 Å². The molecule has 1 N–H and O–H groups in total. The van der Waals surface area contributed by atoms with E-state index in [1.165, 1.54) is 0 Å². The van der Waals surface area contributed by atoms with Crippen molar-refractivity contribution in [2.45, 2.75) is 40.0 Å². The molecule has 6 nitrogen and oxygen atoms in total. The van der Waals surface area contributed by atoms with Gasteiger partial charge in [-0.25, -0.2) is 4.79 Å². The highest BCUT2D eigenvalue weighted by Crippen LogP contribution is 2.50. The van der Waals surface area contributed by atoms with Crippen LogP contribution in [-0.4, -0.2) is 32.5 Å². The molecule has 2 aromatic rings. The predicted octanol–water partition coefficient (Wildman–Crippen LogP) is 6.15. The van der Waals surface area contributed by atoms with Crippen LogP contribution >= 0.6 is 7.60 Å². The molecule has 0 heterocycles. The van der Waals surface area contributed by atoms with Crippen molar-refractivity contribution in [2.75, 3.05) is 26.4 Å². The Morgan fingerprint density at radius 2 is 1.73 bits per heavy atom. The van der Waals surface area contributed by atoms with E-state index in [9.17, 15) is 9.36 Å². The predicted molar refractivity (Wildman–Crippen MR) is 122 cm³/mol. The molecule has 0 radical (unpaired) electrons. The van der Waals surface area contributed by atoms with Crippen LogP contribution in [0.5, 0.6) is 0 Å². The molecule has 0 aliphatic heterocycles. The third-order valence-corrected chi connectivity index (χ3v) is 6.27. The van der Waals surface area contributed by atoms with Gasteiger partial charge < -0.3 is 19.1 Å². The van der Waals surface area contributed by atoms with Gasteiger partial charge in [0, 0.05) is 12.4 Å². The molecule has 0 bridgehead atoms. The van der Waals surface area contributed by atoms with Crippen molar-refractivity contribution in [1.29, 1.82) is 0 Å². The van der Waals surface area contributed by atoms with Gasteiger partial charge >= 0.3 is 13.7 Å². The molecule has 1 amide bonds. The van der Waals surface area contributed by atoms with Crippen LogP contribution in [0.1, 0.15) is 44.7 Å². The van der Waals surface area contributed by atoms with E-state index in [2.05, 4.69) is 29.6 Å². The molecule has 2 rings (SSSR count). The lowest BCUT2D eigenvalue weighted by Crippen LogP contribution is -2.25. The number of nitrogens with one attached hydrogen (secondary N) is 1. The number of carbonyl (C=O) groups is 1. The number of unbranched alkanes of at least 4 members (excludes halogenated alkanes) is 1. The van der Waals surface area contributed by atoms with Gasteiger partial charge in [0.1, 0.15) is 0 Å². The molecular formula is C23H32NO5P. The van der Waals surface area contributed by atoms with Crippen molar-refractivity contribution in [2.24, 2.45) is 0 Å². The average Bonchev–Trinajstić information content (AvgIpc) is 2.73. The number of amides is 1. The molecule has 7 heteroatoms. The lowest BCUT2D eigenvalue weighted by atomic mass is 9.95. The Bertz CT molecular complexity index is 886. The molecule has 2 aromatic carbocycles. The largest absolute Gasteiger partial charge is 0.450 e. The van der Waals surface area contributed by atoms with Crippen LogP contribution in [0.15, 0.2) is 42.2 Å². The van der Waals surface area contributed by atoms with Crippen molar-refractivity contribution in [3.8, 4) is 0 Å². The zero-order valence-corrected chi connectivity index (χ0v) is 19.0. The van der Waals surface area contributed by atoms with E-state index < -0.39 is 7.60 Å². The fourth-order valence-corrected chi connectivity index (χ4v) is 4.52. The maximum Gasteiger partial charge on any atom is 0.407 e. The first-order valence-corrected chi connectivity index (χ1v) is 12.1. The highest BCUT2D eigenvalue weighted by atomic mass is 31.2. The summed E-state index contributed by atoms with van der Waals surface area (Å²) in [6.45, 7) is 6.95. The molecule has 0 fully saturated rings. The Hall–Kier alpha value is -2.14. The topological polar surface area (TPSA) is 73.9 Å². The Balaban J connectivity index is 2.18. The second kappa shape index (κ2) is 12.5. The van der Waals surface area contributed by atoms with Gasteiger partial charge in [-0.15, -0.1) is 0 Å². The Morgan fingerprint density at radius 1 is 1.00 bits per heavy atom. The van der Waals surface area contributed by atoms with E-state index >= 15 is 0 Å². The minimum absolute atomic E-state index is 0.317. The van der Waals surface area contributed by atoms with Gasteiger partial charge in [0.15, 0.2) is 0 Å². The third kappa shape index (κ3) is 7.28. The number of alkyl carbamates (subject to hydrolysis) is 1. The molecule has 0 saturated heterocycles. The number of hydrogen-bond acceptors (Lipinski definition) is 5. The van der Waals surface area contributed by atoms with Gasteiger partial charge in [-0.05, 0) is 68.0 Å². The van der Waals surface area contributed by atoms with E-state index in [1.54, 1.807) is 26.6 Å². The van der Waals surface area contributed by atoms with Gasteiger partial charge in [0.25, 0.3) is 0 Å². The fraction of sp³-hybridized carbons (Fsp3) is 0.435. The summed E-state index contributed by atoms with van der Waals surface area (Å²) >= 11 is 0. The first-order chi connectivity index (χ1) is 14.5. The van der Waals surface area contributed by atoms with Gasteiger partial charge in [0.2, 0.25) is 0 Å². The van der Waals surface area contributed by atoms with E-state index in [0.29, 0.717) is 26.4 Å². The van der Waals surface area contributed by atoms with Crippen molar-refractivity contribution in [1.82, 2.24) is 5.32 Å². The number of benzene rings is 2. The Kier molecular flexibility index (Phi) is 10.1. The minimum atomic E-state index is -3.28. The van der Waals surface area contributed by atoms with E-state index in [1.807, 2.05) is 18.2 Å². The zero-order chi connectivity index (χ0) is 21.8. The SMILES string of the molecule is CCOC(=O)NCCCCc1ccc2ccccc2c1C=CP(=O)(OCC)OCC. The highest BCUT2D eigenvalue weighted by Gasteiger charge is 2.19. The number of carbonyl (C=O) groups excluding carboxylic acids is 1. The standard InChI is InChI=1S/C23H32NO5P/c1-4-27-23(25)24-17-10-9-12-20-15-14-19-11-7-8-13-21(19)22(20)16-18-30(26,28-5-2)29-6-3/h7-8,11,13-16,18H,4-6,9-10,12,17H2,1-3H3,(H,24,25). The Morgan fingerprint density at radius 3 is 2.43 bits per heavy atom. The maximum absolute atomic E-state index is 12.9. The molecule has 0 spiro atoms. The van der Waals surface area contributed by atoms with E-state index in [4.69, 9.17) is 13.8 Å². The van der Waals surface area contributed by atoms with Crippen LogP contribution in [0.4, 0.5) is 4.79 Å². The molecule has 0 saturated carbocycles. The summed E-state index contributed by atoms with van der Waals surface area (Å²) in [4.78, 5) is 11.4. The van der Waals surface area contributed by atoms with Gasteiger partial charge in [-0.1, -0.05) is 36.4 Å². The van der Waals surface area contributed by atoms with Crippen molar-refractivity contribution in [3.63, 3.8) is 0 Å². The van der Waals surface area contributed by atoms with E-state index in [0.717, 1.165) is 41.2 Å². The van der Waals surface area contributed by atoms with Crippen LogP contribution in [0.25, 0.3) is 16.8 Å². The van der Waals surface area contributed by atoms with E-state index in [-0.39, 0.29) is 6.09 Å². The summed E-state index contributed by atoms with van der Waals surface area (Å²) in [7, 11) is -3.28. The molecular weight excluding hydrogens is 401 g/mol. The highest BCUT2D eigenvalue weighted by molar-refractivity contribution is 7.57. The fourth-order valence-electron chi connectivity index (χ4n) is 3.22. The van der Waals surface area contributed by atoms with Crippen LogP contribution in [0.2, 0.25) is 0 Å². The summed E-state index contributed by atoms with van der Waals surface area (Å²) in [5.41, 5.74) is 2.17. The lowest BCUT2D eigenvalue weighted by Gasteiger charge is -2.14. The summed E-state index contributed by atoms with van der Waals surface area (Å²) in [5.74, 6) is 1.56. The number of fused-ring (bicyclic) bond motifs is 1. The second-order valence-electron chi connectivity index (χ2n) is 6.65. The molecule has 0 aliphatic carbocycles. The maximum atomic E-state index is 12.9. The third-order valence-electron chi connectivity index (χ3n) is 4.52. The summed E-state index contributed by atoms with van der Waals surface area (Å²) in [5, 5.41) is 4.95. The first kappa shape index (κ1) is 24.1. The van der Waals surface area contributed by atoms with Gasteiger partial charge in [-0.3, -0.25) is 4.57 Å². The van der Waals surface area contributed by atoms with Crippen LogP contribution in [0.3, 0.4) is 0 Å². The first-order valence-electron chi connectivity index (χ1n) is 10.5. The summed E-state index contributed by atoms with van der Waals surface area (Å²) in [6, 6.07) is 12.3. The average molecular weight is 433 g/mol. The van der Waals surface area contributed by atoms with Crippen LogP contribution in [-0.2, 0) is 24.8 Å². The van der Waals surface area contributed by atoms with Crippen molar-refractivity contribution < 1.29 is 23.1 Å². The monoisotopic (exact) mass is 433 g/mol. The van der Waals surface area contributed by atoms with Crippen LogP contribution in [0, 0.1) is 0 Å². The molecule has 164 valence electrons. The normalized spacial score (nSPS) is 11.8. The number of rotatable bonds is 12. The smallest absolute Gasteiger partial charge is 0.407 e. The van der Waals surface area contributed by atoms with Crippen molar-refractivity contribution >= 4 is 30.5 Å². The second-order valence-corrected chi connectivity index (χ2v) is 8.55. The quantitative estimate of drug-likeness (QED) is 0.321. The summed E-state index contributed by atoms with van der Waals surface area (Å²) in [6.07, 6.45) is 4.06. The number of hydrogen-bond donors (Lipinski definition) is 1. The molecule has 0 aromatic heterocycles. The lowest BCUT2D eigenvalue weighted by molar-refractivity contribution is 0.152. The van der Waals surface area contributed by atoms with Crippen LogP contribution < -0.4 is 5.32 Å². The minimum Gasteiger partial charge on any atom is -0.450 e.